The Labute approximate surface area is 208 Å². The predicted octanol–water partition coefficient (Wildman–Crippen LogP) is 4.22. The molecular weight excluding hydrogens is 484 g/mol. The van der Waals surface area contributed by atoms with E-state index in [-0.39, 0.29) is 23.1 Å². The highest BCUT2D eigenvalue weighted by atomic mass is 35.5. The maximum atomic E-state index is 13.1. The van der Waals surface area contributed by atoms with Crippen molar-refractivity contribution >= 4 is 55.9 Å². The predicted molar refractivity (Wildman–Crippen MR) is 141 cm³/mol. The van der Waals surface area contributed by atoms with Crippen LogP contribution in [0.4, 0.5) is 5.69 Å². The molecule has 0 radical (unpaired) electrons. The minimum Gasteiger partial charge on any atom is -0.384 e. The van der Waals surface area contributed by atoms with E-state index in [9.17, 15) is 8.42 Å². The minimum atomic E-state index is -3.85. The first-order valence-electron chi connectivity index (χ1n) is 10.6. The number of sulfonamides is 1. The number of halogens is 1. The van der Waals surface area contributed by atoms with Gasteiger partial charge in [-0.05, 0) is 35.9 Å². The number of hydrogen-bond acceptors (Lipinski definition) is 5. The topological polar surface area (TPSA) is 127 Å². The molecule has 35 heavy (non-hydrogen) atoms. The molecule has 0 unspecified atom stereocenters. The average Bonchev–Trinajstić information content (AvgIpc) is 3.13. The van der Waals surface area contributed by atoms with Crippen molar-refractivity contribution in [3.05, 3.63) is 95.9 Å². The van der Waals surface area contributed by atoms with Gasteiger partial charge < -0.3 is 10.3 Å². The lowest BCUT2D eigenvalue weighted by Gasteiger charge is -2.10. The van der Waals surface area contributed by atoms with Gasteiger partial charge in [0.15, 0.2) is 0 Å². The summed E-state index contributed by atoms with van der Waals surface area (Å²) in [5.41, 5.74) is 9.67. The first-order chi connectivity index (χ1) is 16.3. The van der Waals surface area contributed by atoms with Crippen molar-refractivity contribution in [1.29, 1.82) is 5.41 Å². The third-order valence-corrected chi connectivity index (χ3v) is 7.15. The van der Waals surface area contributed by atoms with Crippen molar-refractivity contribution in [3.63, 3.8) is 0 Å². The van der Waals surface area contributed by atoms with Crippen molar-refractivity contribution < 1.29 is 8.42 Å². The summed E-state index contributed by atoms with van der Waals surface area (Å²) in [5, 5.41) is 8.28. The fourth-order valence-electron chi connectivity index (χ4n) is 3.96. The minimum absolute atomic E-state index is 0. The van der Waals surface area contributed by atoms with Crippen molar-refractivity contribution in [1.82, 2.24) is 14.5 Å². The number of nitrogen functional groups attached to an aromatic ring is 1. The van der Waals surface area contributed by atoms with E-state index in [1.54, 1.807) is 36.5 Å². The summed E-state index contributed by atoms with van der Waals surface area (Å²) < 4.78 is 30.9. The molecule has 0 bridgehead atoms. The molecule has 178 valence electrons. The molecule has 0 spiro atoms. The smallest absolute Gasteiger partial charge is 0.264 e. The maximum Gasteiger partial charge on any atom is 0.264 e. The van der Waals surface area contributed by atoms with Gasteiger partial charge in [0, 0.05) is 30.6 Å². The van der Waals surface area contributed by atoms with Gasteiger partial charge >= 0.3 is 0 Å². The van der Waals surface area contributed by atoms with E-state index in [1.807, 2.05) is 54.1 Å². The molecule has 2 aromatic heterocycles. The fraction of sp³-hybridized carbons (Fsp3) is 0.0800. The van der Waals surface area contributed by atoms with Crippen LogP contribution in [0.25, 0.3) is 21.9 Å². The molecule has 10 heteroatoms. The molecule has 0 amide bonds. The van der Waals surface area contributed by atoms with Gasteiger partial charge in [-0.1, -0.05) is 42.5 Å². The van der Waals surface area contributed by atoms with E-state index in [0.717, 1.165) is 22.3 Å². The Bertz CT molecular complexity index is 1660. The Morgan fingerprint density at radius 2 is 1.80 bits per heavy atom. The van der Waals surface area contributed by atoms with Crippen molar-refractivity contribution in [3.8, 4) is 0 Å². The van der Waals surface area contributed by atoms with Crippen LogP contribution < -0.4 is 10.5 Å². The van der Waals surface area contributed by atoms with Crippen LogP contribution in [-0.4, -0.2) is 28.8 Å². The second-order valence-electron chi connectivity index (χ2n) is 8.01. The van der Waals surface area contributed by atoms with Crippen LogP contribution >= 0.6 is 12.4 Å². The van der Waals surface area contributed by atoms with E-state index < -0.39 is 10.0 Å². The number of nitrogens with one attached hydrogen (secondary N) is 2. The van der Waals surface area contributed by atoms with Crippen LogP contribution in [0, 0.1) is 5.41 Å². The molecule has 0 aliphatic rings. The molecule has 0 aliphatic heterocycles. The van der Waals surface area contributed by atoms with Crippen LogP contribution in [0.1, 0.15) is 17.0 Å². The van der Waals surface area contributed by atoms with Gasteiger partial charge in [-0.15, -0.1) is 12.4 Å². The molecule has 5 aromatic rings. The van der Waals surface area contributed by atoms with Gasteiger partial charge in [0.2, 0.25) is 0 Å². The lowest BCUT2D eigenvalue weighted by atomic mass is 10.1. The lowest BCUT2D eigenvalue weighted by Crippen LogP contribution is -2.13. The third-order valence-electron chi connectivity index (χ3n) is 5.74. The zero-order chi connectivity index (χ0) is 23.9. The highest BCUT2D eigenvalue weighted by Gasteiger charge is 2.19. The number of hydrogen-bond donors (Lipinski definition) is 3. The number of pyridine rings is 1. The standard InChI is InChI=1S/C25H22N6O2S.ClH/c1-31-21-12-11-19(30-34(32,33)22-6-2-4-17-5-3-13-28-24(17)22)15-20(21)29-23(31)14-16-7-9-18(10-8-16)25(26)27;/h2-13,15,30H,14H2,1H3,(H3,26,27);1H. The molecule has 2 heterocycles. The van der Waals surface area contributed by atoms with Crippen molar-refractivity contribution in [2.45, 2.75) is 11.3 Å². The van der Waals surface area contributed by atoms with E-state index >= 15 is 0 Å². The molecule has 0 saturated carbocycles. The molecule has 3 aromatic carbocycles. The number of anilines is 1. The first-order valence-corrected chi connectivity index (χ1v) is 12.1. The quantitative estimate of drug-likeness (QED) is 0.235. The summed E-state index contributed by atoms with van der Waals surface area (Å²) in [6, 6.07) is 21.5. The van der Waals surface area contributed by atoms with Crippen LogP contribution in [0.5, 0.6) is 0 Å². The summed E-state index contributed by atoms with van der Waals surface area (Å²) in [6.07, 6.45) is 2.17. The summed E-state index contributed by atoms with van der Waals surface area (Å²) in [7, 11) is -1.92. The van der Waals surface area contributed by atoms with Crippen LogP contribution in [0.2, 0.25) is 0 Å². The van der Waals surface area contributed by atoms with Crippen molar-refractivity contribution in [2.24, 2.45) is 12.8 Å². The lowest BCUT2D eigenvalue weighted by molar-refractivity contribution is 0.602. The Morgan fingerprint density at radius 3 is 2.54 bits per heavy atom. The van der Waals surface area contributed by atoms with E-state index in [1.165, 1.54) is 0 Å². The number of amidine groups is 1. The van der Waals surface area contributed by atoms with E-state index in [0.29, 0.717) is 28.7 Å². The number of benzene rings is 3. The molecule has 0 aliphatic carbocycles. The zero-order valence-electron chi connectivity index (χ0n) is 18.8. The molecule has 5 rings (SSSR count). The number of para-hydroxylation sites is 1. The second kappa shape index (κ2) is 9.36. The van der Waals surface area contributed by atoms with Crippen molar-refractivity contribution in [2.75, 3.05) is 4.72 Å². The number of nitrogens with zero attached hydrogens (tertiary/aromatic N) is 3. The highest BCUT2D eigenvalue weighted by Crippen LogP contribution is 2.26. The van der Waals surface area contributed by atoms with Gasteiger partial charge in [-0.3, -0.25) is 15.1 Å². The number of rotatable bonds is 6. The van der Waals surface area contributed by atoms with Gasteiger partial charge in [-0.2, -0.15) is 0 Å². The van der Waals surface area contributed by atoms with Gasteiger partial charge in [-0.25, -0.2) is 13.4 Å². The number of nitrogens with two attached hydrogens (primary N) is 1. The first kappa shape index (κ1) is 24.2. The molecule has 0 atom stereocenters. The maximum absolute atomic E-state index is 13.1. The van der Waals surface area contributed by atoms with Crippen LogP contribution in [0.15, 0.2) is 83.9 Å². The molecule has 0 fully saturated rings. The summed E-state index contributed by atoms with van der Waals surface area (Å²) in [5.74, 6) is 0.868. The largest absolute Gasteiger partial charge is 0.384 e. The SMILES string of the molecule is Cl.Cn1c(Cc2ccc(C(=N)N)cc2)nc2cc(NS(=O)(=O)c3cccc4cccnc34)ccc21. The average molecular weight is 507 g/mol. The fourth-order valence-corrected chi connectivity index (χ4v) is 5.19. The van der Waals surface area contributed by atoms with Crippen LogP contribution in [-0.2, 0) is 23.5 Å². The Hall–Kier alpha value is -3.95. The Kier molecular flexibility index (Phi) is 6.47. The van der Waals surface area contributed by atoms with E-state index in [4.69, 9.17) is 16.1 Å². The van der Waals surface area contributed by atoms with Gasteiger partial charge in [0.25, 0.3) is 10.0 Å². The number of fused-ring (bicyclic) bond motifs is 2. The Balaban J connectivity index is 0.00000289. The van der Waals surface area contributed by atoms with Gasteiger partial charge in [0.05, 0.1) is 22.2 Å². The summed E-state index contributed by atoms with van der Waals surface area (Å²) in [4.78, 5) is 9.11. The molecule has 0 saturated heterocycles. The highest BCUT2D eigenvalue weighted by molar-refractivity contribution is 7.93. The summed E-state index contributed by atoms with van der Waals surface area (Å²) >= 11 is 0. The van der Waals surface area contributed by atoms with Crippen LogP contribution in [0.3, 0.4) is 0 Å². The number of imidazole rings is 1. The van der Waals surface area contributed by atoms with Gasteiger partial charge in [0.1, 0.15) is 16.6 Å². The zero-order valence-corrected chi connectivity index (χ0v) is 20.4. The summed E-state index contributed by atoms with van der Waals surface area (Å²) in [6.45, 7) is 0. The third kappa shape index (κ3) is 4.68. The number of aromatic nitrogens is 3. The van der Waals surface area contributed by atoms with E-state index in [2.05, 4.69) is 9.71 Å². The normalized spacial score (nSPS) is 11.3. The molecule has 4 N–H and O–H groups in total. The Morgan fingerprint density at radius 1 is 1.06 bits per heavy atom. The second-order valence-corrected chi connectivity index (χ2v) is 9.67. The molecule has 8 nitrogen and oxygen atoms in total. The molecular formula is C25H23ClN6O2S. The number of aryl methyl sites for hydroxylation is 1. The monoisotopic (exact) mass is 506 g/mol.